The average Bonchev–Trinajstić information content (AvgIpc) is 2.77. The fourth-order valence-corrected chi connectivity index (χ4v) is 2.56. The van der Waals surface area contributed by atoms with E-state index in [9.17, 15) is 9.59 Å². The van der Waals surface area contributed by atoms with Crippen LogP contribution in [0.5, 0.6) is 0 Å². The first-order valence-electron chi connectivity index (χ1n) is 7.09. The van der Waals surface area contributed by atoms with Crippen LogP contribution in [0.2, 0.25) is 0 Å². The number of Topliss-reactive ketones (excluding diaryl/α,β-unsaturated/α-hetero) is 1. The van der Waals surface area contributed by atoms with E-state index in [4.69, 9.17) is 0 Å². The van der Waals surface area contributed by atoms with Crippen LogP contribution in [0.1, 0.15) is 28.5 Å². The number of fused-ring (bicyclic) bond motifs is 1. The molecule has 4 heteroatoms. The van der Waals surface area contributed by atoms with Crippen LogP contribution in [0.4, 0.5) is 5.69 Å². The van der Waals surface area contributed by atoms with Crippen molar-refractivity contribution in [3.63, 3.8) is 0 Å². The third-order valence-corrected chi connectivity index (χ3v) is 3.76. The molecule has 106 valence electrons. The van der Waals surface area contributed by atoms with Crippen molar-refractivity contribution in [1.82, 2.24) is 4.98 Å². The van der Waals surface area contributed by atoms with E-state index in [2.05, 4.69) is 4.98 Å². The van der Waals surface area contributed by atoms with Gasteiger partial charge in [-0.25, -0.2) is 0 Å². The van der Waals surface area contributed by atoms with Gasteiger partial charge in [-0.05, 0) is 36.2 Å². The lowest BCUT2D eigenvalue weighted by Gasteiger charge is -2.16. The van der Waals surface area contributed by atoms with Crippen molar-refractivity contribution < 1.29 is 9.59 Å². The van der Waals surface area contributed by atoms with E-state index in [1.807, 2.05) is 43.3 Å². The number of carbonyl (C=O) groups excluding carboxylic acids is 2. The van der Waals surface area contributed by atoms with Crippen molar-refractivity contribution in [2.24, 2.45) is 0 Å². The zero-order valence-electron chi connectivity index (χ0n) is 11.9. The number of pyridine rings is 1. The molecule has 0 spiro atoms. The molecule has 1 aromatic heterocycles. The molecule has 1 amide bonds. The summed E-state index contributed by atoms with van der Waals surface area (Å²) in [4.78, 5) is 30.0. The molecule has 21 heavy (non-hydrogen) atoms. The molecule has 4 nitrogen and oxygen atoms in total. The summed E-state index contributed by atoms with van der Waals surface area (Å²) in [7, 11) is 0. The molecule has 0 saturated carbocycles. The maximum Gasteiger partial charge on any atom is 0.299 e. The molecule has 1 aliphatic rings. The highest BCUT2D eigenvalue weighted by atomic mass is 16.2. The van der Waals surface area contributed by atoms with Gasteiger partial charge in [0.15, 0.2) is 0 Å². The lowest BCUT2D eigenvalue weighted by atomic mass is 10.1. The van der Waals surface area contributed by atoms with E-state index in [1.165, 1.54) is 0 Å². The molecule has 0 saturated heterocycles. The van der Waals surface area contributed by atoms with E-state index >= 15 is 0 Å². The van der Waals surface area contributed by atoms with Gasteiger partial charge in [-0.15, -0.1) is 0 Å². The molecule has 0 bridgehead atoms. The molecule has 1 aliphatic heterocycles. The number of nitrogens with zero attached hydrogens (tertiary/aromatic N) is 2. The number of anilines is 1. The molecule has 2 aromatic rings. The SMILES string of the molecule is CCc1ccc2c(c1)C(=O)C(=O)N2CCc1ccccn1. The lowest BCUT2D eigenvalue weighted by Crippen LogP contribution is -2.31. The predicted molar refractivity (Wildman–Crippen MR) is 80.4 cm³/mol. The van der Waals surface area contributed by atoms with Crippen LogP contribution in [-0.4, -0.2) is 23.2 Å². The van der Waals surface area contributed by atoms with Crippen LogP contribution < -0.4 is 4.90 Å². The Labute approximate surface area is 123 Å². The predicted octanol–water partition coefficient (Wildman–Crippen LogP) is 2.42. The van der Waals surface area contributed by atoms with Crippen molar-refractivity contribution in [3.8, 4) is 0 Å². The second kappa shape index (κ2) is 5.48. The summed E-state index contributed by atoms with van der Waals surface area (Å²) < 4.78 is 0. The second-order valence-electron chi connectivity index (χ2n) is 5.06. The van der Waals surface area contributed by atoms with Crippen LogP contribution in [0.25, 0.3) is 0 Å². The molecular formula is C17H16N2O2. The Hall–Kier alpha value is -2.49. The van der Waals surface area contributed by atoms with Crippen molar-refractivity contribution in [3.05, 3.63) is 59.4 Å². The van der Waals surface area contributed by atoms with E-state index in [-0.39, 0.29) is 0 Å². The Bertz CT molecular complexity index is 695. The number of benzene rings is 1. The van der Waals surface area contributed by atoms with E-state index in [1.54, 1.807) is 11.1 Å². The number of aromatic nitrogens is 1. The molecule has 0 radical (unpaired) electrons. The summed E-state index contributed by atoms with van der Waals surface area (Å²) >= 11 is 0. The quantitative estimate of drug-likeness (QED) is 0.808. The van der Waals surface area contributed by atoms with Crippen LogP contribution in [0.3, 0.4) is 0 Å². The molecule has 3 rings (SSSR count). The first kappa shape index (κ1) is 13.5. The zero-order chi connectivity index (χ0) is 14.8. The van der Waals surface area contributed by atoms with Gasteiger partial charge in [0.05, 0.1) is 11.3 Å². The van der Waals surface area contributed by atoms with Gasteiger partial charge in [0.1, 0.15) is 0 Å². The van der Waals surface area contributed by atoms with E-state index in [0.29, 0.717) is 18.5 Å². The van der Waals surface area contributed by atoms with Gasteiger partial charge in [-0.2, -0.15) is 0 Å². The van der Waals surface area contributed by atoms with Crippen LogP contribution in [0.15, 0.2) is 42.6 Å². The number of hydrogen-bond donors (Lipinski definition) is 0. The zero-order valence-corrected chi connectivity index (χ0v) is 11.9. The van der Waals surface area contributed by atoms with Gasteiger partial charge in [0.25, 0.3) is 11.7 Å². The van der Waals surface area contributed by atoms with Crippen LogP contribution in [0, 0.1) is 0 Å². The molecule has 2 heterocycles. The number of aryl methyl sites for hydroxylation is 1. The maximum absolute atomic E-state index is 12.1. The van der Waals surface area contributed by atoms with Crippen molar-refractivity contribution >= 4 is 17.4 Å². The van der Waals surface area contributed by atoms with Crippen LogP contribution in [-0.2, 0) is 17.6 Å². The first-order chi connectivity index (χ1) is 10.2. The third-order valence-electron chi connectivity index (χ3n) is 3.76. The Morgan fingerprint density at radius 2 is 2.00 bits per heavy atom. The average molecular weight is 280 g/mol. The summed E-state index contributed by atoms with van der Waals surface area (Å²) in [6.07, 6.45) is 3.21. The minimum absolute atomic E-state index is 0.402. The molecule has 0 aliphatic carbocycles. The molecular weight excluding hydrogens is 264 g/mol. The molecule has 1 aromatic carbocycles. The summed E-state index contributed by atoms with van der Waals surface area (Å²) in [6, 6.07) is 11.4. The number of carbonyl (C=O) groups is 2. The van der Waals surface area contributed by atoms with Crippen molar-refractivity contribution in [2.75, 3.05) is 11.4 Å². The highest BCUT2D eigenvalue weighted by Crippen LogP contribution is 2.30. The summed E-state index contributed by atoms with van der Waals surface area (Å²) in [6.45, 7) is 2.50. The highest BCUT2D eigenvalue weighted by molar-refractivity contribution is 6.52. The third kappa shape index (κ3) is 2.44. The largest absolute Gasteiger partial charge is 0.304 e. The second-order valence-corrected chi connectivity index (χ2v) is 5.06. The topological polar surface area (TPSA) is 50.3 Å². The number of rotatable bonds is 4. The molecule has 0 N–H and O–H groups in total. The summed E-state index contributed by atoms with van der Waals surface area (Å²) in [5.41, 5.74) is 3.23. The van der Waals surface area contributed by atoms with E-state index in [0.717, 1.165) is 23.4 Å². The highest BCUT2D eigenvalue weighted by Gasteiger charge is 2.35. The van der Waals surface area contributed by atoms with Crippen LogP contribution >= 0.6 is 0 Å². The lowest BCUT2D eigenvalue weighted by molar-refractivity contribution is -0.114. The summed E-state index contributed by atoms with van der Waals surface area (Å²) in [5.74, 6) is -0.837. The first-order valence-corrected chi connectivity index (χ1v) is 7.09. The minimum atomic E-state index is -0.436. The maximum atomic E-state index is 12.1. The van der Waals surface area contributed by atoms with Gasteiger partial charge < -0.3 is 4.90 Å². The normalized spacial score (nSPS) is 13.7. The summed E-state index contributed by atoms with van der Waals surface area (Å²) in [5, 5.41) is 0. The Kier molecular flexibility index (Phi) is 3.52. The van der Waals surface area contributed by atoms with Crippen molar-refractivity contribution in [2.45, 2.75) is 19.8 Å². The molecule has 0 unspecified atom stereocenters. The van der Waals surface area contributed by atoms with Gasteiger partial charge >= 0.3 is 0 Å². The minimum Gasteiger partial charge on any atom is -0.304 e. The van der Waals surface area contributed by atoms with Gasteiger partial charge in [-0.3, -0.25) is 14.6 Å². The molecule has 0 fully saturated rings. The number of hydrogen-bond acceptors (Lipinski definition) is 3. The van der Waals surface area contributed by atoms with Crippen molar-refractivity contribution in [1.29, 1.82) is 0 Å². The molecule has 0 atom stereocenters. The fourth-order valence-electron chi connectivity index (χ4n) is 2.56. The Morgan fingerprint density at radius 1 is 1.14 bits per heavy atom. The van der Waals surface area contributed by atoms with Gasteiger partial charge in [-0.1, -0.05) is 19.1 Å². The smallest absolute Gasteiger partial charge is 0.299 e. The Balaban J connectivity index is 1.84. The number of amides is 1. The van der Waals surface area contributed by atoms with Gasteiger partial charge in [0.2, 0.25) is 0 Å². The van der Waals surface area contributed by atoms with E-state index < -0.39 is 11.7 Å². The Morgan fingerprint density at radius 3 is 2.71 bits per heavy atom. The monoisotopic (exact) mass is 280 g/mol. The fraction of sp³-hybridized carbons (Fsp3) is 0.235. The standard InChI is InChI=1S/C17H16N2O2/c1-2-12-6-7-15-14(11-12)16(20)17(21)19(15)10-8-13-5-3-4-9-18-13/h3-7,9,11H,2,8,10H2,1H3. The number of ketones is 1. The van der Waals surface area contributed by atoms with Gasteiger partial charge in [0, 0.05) is 24.9 Å².